The number of methoxy groups -OCH3 is 1. The highest BCUT2D eigenvalue weighted by atomic mass is 16.5. The molecule has 1 atom stereocenters. The molecule has 6 heteroatoms. The van der Waals surface area contributed by atoms with Gasteiger partial charge in [0.1, 0.15) is 6.04 Å². The summed E-state index contributed by atoms with van der Waals surface area (Å²) in [4.78, 5) is 21.6. The molecular formula is C9H19N3O3. The van der Waals surface area contributed by atoms with Crippen LogP contribution >= 0.6 is 0 Å². The first-order valence-electron chi connectivity index (χ1n) is 4.88. The van der Waals surface area contributed by atoms with E-state index >= 15 is 0 Å². The molecule has 0 aromatic heterocycles. The number of hydrogen-bond donors (Lipinski definition) is 3. The fourth-order valence-corrected chi connectivity index (χ4v) is 1.02. The van der Waals surface area contributed by atoms with E-state index in [1.54, 1.807) is 0 Å². The highest BCUT2D eigenvalue weighted by Crippen LogP contribution is 1.92. The van der Waals surface area contributed by atoms with Crippen LogP contribution in [0.5, 0.6) is 0 Å². The molecule has 2 amide bonds. The topological polar surface area (TPSA) is 107 Å². The maximum absolute atomic E-state index is 11.2. The lowest BCUT2D eigenvalue weighted by molar-refractivity contribution is -0.123. The van der Waals surface area contributed by atoms with Crippen molar-refractivity contribution in [3.05, 3.63) is 0 Å². The molecule has 15 heavy (non-hydrogen) atoms. The molecular weight excluding hydrogens is 198 g/mol. The highest BCUT2D eigenvalue weighted by Gasteiger charge is 2.11. The third-order valence-corrected chi connectivity index (χ3v) is 1.83. The largest absolute Gasteiger partial charge is 0.383 e. The van der Waals surface area contributed by atoms with Crippen molar-refractivity contribution >= 4 is 11.8 Å². The second-order valence-corrected chi connectivity index (χ2v) is 3.28. The zero-order chi connectivity index (χ0) is 11.7. The minimum atomic E-state index is -0.633. The van der Waals surface area contributed by atoms with Gasteiger partial charge in [-0.1, -0.05) is 0 Å². The van der Waals surface area contributed by atoms with Crippen LogP contribution in [0.4, 0.5) is 0 Å². The molecule has 5 N–H and O–H groups in total. The molecule has 0 saturated heterocycles. The van der Waals surface area contributed by atoms with Crippen LogP contribution in [0, 0.1) is 0 Å². The van der Waals surface area contributed by atoms with Gasteiger partial charge < -0.3 is 21.5 Å². The Morgan fingerprint density at radius 1 is 1.40 bits per heavy atom. The van der Waals surface area contributed by atoms with Gasteiger partial charge in [-0.15, -0.1) is 0 Å². The maximum Gasteiger partial charge on any atom is 0.239 e. The molecule has 88 valence electrons. The van der Waals surface area contributed by atoms with Gasteiger partial charge in [0.25, 0.3) is 0 Å². The van der Waals surface area contributed by atoms with Gasteiger partial charge in [-0.3, -0.25) is 9.59 Å². The fraction of sp³-hybridized carbons (Fsp3) is 0.778. The molecule has 0 aromatic rings. The van der Waals surface area contributed by atoms with Gasteiger partial charge in [-0.25, -0.2) is 0 Å². The Hall–Kier alpha value is -1.14. The van der Waals surface area contributed by atoms with Crippen molar-refractivity contribution in [1.29, 1.82) is 0 Å². The first kappa shape index (κ1) is 13.9. The van der Waals surface area contributed by atoms with E-state index in [1.165, 1.54) is 7.11 Å². The number of primary amides is 1. The standard InChI is InChI=1S/C9H19N3O3/c1-15-6-7(10)9(14)12-5-3-2-4-8(11)13/h7H,2-6,10H2,1H3,(H2,11,13)(H,12,14). The lowest BCUT2D eigenvalue weighted by Crippen LogP contribution is -2.43. The molecule has 0 rings (SSSR count). The number of carbonyl (C=O) groups excluding carboxylic acids is 2. The van der Waals surface area contributed by atoms with E-state index in [2.05, 4.69) is 5.32 Å². The van der Waals surface area contributed by atoms with Crippen molar-refractivity contribution in [2.75, 3.05) is 20.3 Å². The molecule has 0 aliphatic heterocycles. The number of unbranched alkanes of at least 4 members (excludes halogenated alkanes) is 1. The predicted molar refractivity (Wildman–Crippen MR) is 55.9 cm³/mol. The Bertz CT molecular complexity index is 209. The summed E-state index contributed by atoms with van der Waals surface area (Å²) < 4.78 is 4.74. The number of amides is 2. The van der Waals surface area contributed by atoms with Crippen molar-refractivity contribution in [1.82, 2.24) is 5.32 Å². The number of nitrogens with one attached hydrogen (secondary N) is 1. The molecule has 0 fully saturated rings. The van der Waals surface area contributed by atoms with Gasteiger partial charge in [-0.2, -0.15) is 0 Å². The van der Waals surface area contributed by atoms with Crippen LogP contribution in [0.2, 0.25) is 0 Å². The van der Waals surface area contributed by atoms with Gasteiger partial charge in [-0.05, 0) is 12.8 Å². The van der Waals surface area contributed by atoms with Crippen molar-refractivity contribution < 1.29 is 14.3 Å². The van der Waals surface area contributed by atoms with Crippen LogP contribution in [0.3, 0.4) is 0 Å². The lowest BCUT2D eigenvalue weighted by Gasteiger charge is -2.10. The first-order chi connectivity index (χ1) is 7.07. The Labute approximate surface area is 89.3 Å². The highest BCUT2D eigenvalue weighted by molar-refractivity contribution is 5.81. The quantitative estimate of drug-likeness (QED) is 0.441. The fourth-order valence-electron chi connectivity index (χ4n) is 1.02. The monoisotopic (exact) mass is 217 g/mol. The summed E-state index contributed by atoms with van der Waals surface area (Å²) in [6.45, 7) is 0.705. The molecule has 6 nitrogen and oxygen atoms in total. The van der Waals surface area contributed by atoms with Crippen molar-refractivity contribution in [3.63, 3.8) is 0 Å². The van der Waals surface area contributed by atoms with E-state index in [9.17, 15) is 9.59 Å². The summed E-state index contributed by atoms with van der Waals surface area (Å²) in [5, 5.41) is 2.64. The zero-order valence-electron chi connectivity index (χ0n) is 8.99. The van der Waals surface area contributed by atoms with Gasteiger partial charge in [0.15, 0.2) is 0 Å². The number of nitrogens with two attached hydrogens (primary N) is 2. The first-order valence-corrected chi connectivity index (χ1v) is 4.88. The third kappa shape index (κ3) is 7.90. The smallest absolute Gasteiger partial charge is 0.239 e. The molecule has 0 aliphatic rings. The molecule has 0 heterocycles. The van der Waals surface area contributed by atoms with Crippen LogP contribution in [-0.4, -0.2) is 38.1 Å². The summed E-state index contributed by atoms with van der Waals surface area (Å²) in [5.74, 6) is -0.562. The van der Waals surface area contributed by atoms with Crippen LogP contribution in [0.1, 0.15) is 19.3 Å². The van der Waals surface area contributed by atoms with E-state index in [0.717, 1.165) is 0 Å². The maximum atomic E-state index is 11.2. The molecule has 1 unspecified atom stereocenters. The van der Waals surface area contributed by atoms with Crippen molar-refractivity contribution in [2.45, 2.75) is 25.3 Å². The van der Waals surface area contributed by atoms with E-state index < -0.39 is 6.04 Å². The van der Waals surface area contributed by atoms with Gasteiger partial charge in [0.05, 0.1) is 6.61 Å². The molecule has 0 spiro atoms. The second-order valence-electron chi connectivity index (χ2n) is 3.28. The Morgan fingerprint density at radius 2 is 2.07 bits per heavy atom. The third-order valence-electron chi connectivity index (χ3n) is 1.83. The van der Waals surface area contributed by atoms with Crippen LogP contribution in [0.25, 0.3) is 0 Å². The zero-order valence-corrected chi connectivity index (χ0v) is 8.99. The van der Waals surface area contributed by atoms with Crippen molar-refractivity contribution in [2.24, 2.45) is 11.5 Å². The van der Waals surface area contributed by atoms with Crippen LogP contribution in [-0.2, 0) is 14.3 Å². The van der Waals surface area contributed by atoms with Crippen LogP contribution in [0.15, 0.2) is 0 Å². The second kappa shape index (κ2) is 8.19. The SMILES string of the molecule is COCC(N)C(=O)NCCCCC(N)=O. The predicted octanol–water partition coefficient (Wildman–Crippen LogP) is -1.27. The lowest BCUT2D eigenvalue weighted by atomic mass is 10.2. The summed E-state index contributed by atoms with van der Waals surface area (Å²) in [5.41, 5.74) is 10.4. The van der Waals surface area contributed by atoms with Crippen LogP contribution < -0.4 is 16.8 Å². The van der Waals surface area contributed by atoms with E-state index in [0.29, 0.717) is 25.8 Å². The number of carbonyl (C=O) groups is 2. The van der Waals surface area contributed by atoms with E-state index in [-0.39, 0.29) is 18.4 Å². The molecule has 0 radical (unpaired) electrons. The Kier molecular flexibility index (Phi) is 7.57. The minimum absolute atomic E-state index is 0.202. The van der Waals surface area contributed by atoms with Gasteiger partial charge in [0, 0.05) is 20.1 Å². The van der Waals surface area contributed by atoms with E-state index in [1.807, 2.05) is 0 Å². The average molecular weight is 217 g/mol. The molecule has 0 aromatic carbocycles. The molecule has 0 bridgehead atoms. The average Bonchev–Trinajstić information content (AvgIpc) is 2.16. The molecule has 0 saturated carbocycles. The summed E-state index contributed by atoms with van der Waals surface area (Å²) in [6, 6.07) is -0.633. The summed E-state index contributed by atoms with van der Waals surface area (Å²) in [6.07, 6.45) is 1.74. The number of rotatable bonds is 8. The Balaban J connectivity index is 3.42. The number of hydrogen-bond acceptors (Lipinski definition) is 4. The summed E-state index contributed by atoms with van der Waals surface area (Å²) >= 11 is 0. The summed E-state index contributed by atoms with van der Waals surface area (Å²) in [7, 11) is 1.49. The molecule has 0 aliphatic carbocycles. The van der Waals surface area contributed by atoms with Gasteiger partial charge in [0.2, 0.25) is 11.8 Å². The minimum Gasteiger partial charge on any atom is -0.383 e. The van der Waals surface area contributed by atoms with E-state index in [4.69, 9.17) is 16.2 Å². The van der Waals surface area contributed by atoms with Crippen molar-refractivity contribution in [3.8, 4) is 0 Å². The number of ether oxygens (including phenoxy) is 1. The normalized spacial score (nSPS) is 12.1. The van der Waals surface area contributed by atoms with Gasteiger partial charge >= 0.3 is 0 Å². The Morgan fingerprint density at radius 3 is 2.60 bits per heavy atom.